The second kappa shape index (κ2) is 6.39. The van der Waals surface area contributed by atoms with E-state index in [1.807, 2.05) is 21.7 Å². The zero-order chi connectivity index (χ0) is 14.7. The van der Waals surface area contributed by atoms with Crippen LogP contribution in [0.1, 0.15) is 38.5 Å². The van der Waals surface area contributed by atoms with Gasteiger partial charge in [0.1, 0.15) is 0 Å². The summed E-state index contributed by atoms with van der Waals surface area (Å²) in [6, 6.07) is 2.31. The summed E-state index contributed by atoms with van der Waals surface area (Å²) in [5.41, 5.74) is 0.964. The normalized spacial score (nSPS) is 18.9. The Labute approximate surface area is 128 Å². The van der Waals surface area contributed by atoms with Crippen molar-refractivity contribution in [1.82, 2.24) is 15.0 Å². The van der Waals surface area contributed by atoms with Gasteiger partial charge in [-0.05, 0) is 37.6 Å². The molecule has 1 amide bonds. The molecule has 6 heteroatoms. The number of rotatable bonds is 4. The summed E-state index contributed by atoms with van der Waals surface area (Å²) in [6.07, 6.45) is 4.39. The number of carbonyl (C=O) groups excluding carboxylic acids is 1. The molecule has 2 aromatic heterocycles. The molecule has 3 rings (SSSR count). The maximum atomic E-state index is 12.3. The summed E-state index contributed by atoms with van der Waals surface area (Å²) >= 11 is 1.60. The third-order valence-corrected chi connectivity index (χ3v) is 4.61. The molecule has 0 saturated carbocycles. The van der Waals surface area contributed by atoms with Crippen molar-refractivity contribution < 1.29 is 9.32 Å². The van der Waals surface area contributed by atoms with Crippen molar-refractivity contribution in [2.45, 2.75) is 45.1 Å². The maximum absolute atomic E-state index is 12.3. The molecule has 1 aliphatic heterocycles. The Morgan fingerprint density at radius 2 is 2.43 bits per heavy atom. The molecule has 1 saturated heterocycles. The second-order valence-corrected chi connectivity index (χ2v) is 6.24. The zero-order valence-corrected chi connectivity index (χ0v) is 12.9. The molecule has 112 valence electrons. The molecule has 0 bridgehead atoms. The van der Waals surface area contributed by atoms with Gasteiger partial charge in [-0.2, -0.15) is 16.3 Å². The number of carbonyl (C=O) groups is 1. The highest BCUT2D eigenvalue weighted by Crippen LogP contribution is 2.20. The Morgan fingerprint density at radius 1 is 1.52 bits per heavy atom. The van der Waals surface area contributed by atoms with Gasteiger partial charge in [-0.15, -0.1) is 0 Å². The van der Waals surface area contributed by atoms with Crippen LogP contribution in [0.25, 0.3) is 11.4 Å². The van der Waals surface area contributed by atoms with Gasteiger partial charge in [0, 0.05) is 36.4 Å². The lowest BCUT2D eigenvalue weighted by Gasteiger charge is -2.33. The maximum Gasteiger partial charge on any atom is 0.227 e. The van der Waals surface area contributed by atoms with Gasteiger partial charge in [0.05, 0.1) is 0 Å². The molecule has 21 heavy (non-hydrogen) atoms. The second-order valence-electron chi connectivity index (χ2n) is 5.46. The third-order valence-electron chi connectivity index (χ3n) is 3.92. The molecule has 2 aromatic rings. The number of nitrogens with zero attached hydrogens (tertiary/aromatic N) is 3. The van der Waals surface area contributed by atoms with E-state index in [1.165, 1.54) is 6.42 Å². The topological polar surface area (TPSA) is 59.2 Å². The molecule has 0 radical (unpaired) electrons. The minimum Gasteiger partial charge on any atom is -0.340 e. The van der Waals surface area contributed by atoms with E-state index in [0.29, 0.717) is 30.6 Å². The first-order valence-corrected chi connectivity index (χ1v) is 8.33. The average molecular weight is 305 g/mol. The number of hydrogen-bond acceptors (Lipinski definition) is 5. The first-order chi connectivity index (χ1) is 10.2. The highest BCUT2D eigenvalue weighted by molar-refractivity contribution is 7.08. The molecule has 1 atom stereocenters. The van der Waals surface area contributed by atoms with Gasteiger partial charge in [0.15, 0.2) is 0 Å². The van der Waals surface area contributed by atoms with Crippen LogP contribution in [0.15, 0.2) is 21.3 Å². The Kier molecular flexibility index (Phi) is 4.34. The Morgan fingerprint density at radius 3 is 3.19 bits per heavy atom. The minimum absolute atomic E-state index is 0.192. The van der Waals surface area contributed by atoms with Crippen LogP contribution >= 0.6 is 11.3 Å². The molecule has 1 aliphatic rings. The van der Waals surface area contributed by atoms with Crippen molar-refractivity contribution in [1.29, 1.82) is 0 Å². The fourth-order valence-electron chi connectivity index (χ4n) is 2.69. The summed E-state index contributed by atoms with van der Waals surface area (Å²) in [5, 5.41) is 7.92. The number of hydrogen-bond donors (Lipinski definition) is 0. The number of thiophene rings is 1. The van der Waals surface area contributed by atoms with Crippen molar-refractivity contribution in [2.75, 3.05) is 6.54 Å². The van der Waals surface area contributed by atoms with Crippen LogP contribution in [0.3, 0.4) is 0 Å². The van der Waals surface area contributed by atoms with Crippen LogP contribution in [0.4, 0.5) is 0 Å². The number of piperidine rings is 1. The third kappa shape index (κ3) is 3.32. The zero-order valence-electron chi connectivity index (χ0n) is 12.1. The summed E-state index contributed by atoms with van der Waals surface area (Å²) in [7, 11) is 0. The SMILES string of the molecule is CC1CCCCN1C(=O)CCc1nc(-c2ccsc2)no1. The average Bonchev–Trinajstić information content (AvgIpc) is 3.16. The Balaban J connectivity index is 1.56. The van der Waals surface area contributed by atoms with Crippen molar-refractivity contribution >= 4 is 17.2 Å². The van der Waals surface area contributed by atoms with E-state index in [0.717, 1.165) is 24.9 Å². The predicted molar refractivity (Wildman–Crippen MR) is 81.0 cm³/mol. The van der Waals surface area contributed by atoms with E-state index in [2.05, 4.69) is 17.1 Å². The van der Waals surface area contributed by atoms with E-state index in [9.17, 15) is 4.79 Å². The minimum atomic E-state index is 0.192. The van der Waals surface area contributed by atoms with E-state index in [-0.39, 0.29) is 5.91 Å². The summed E-state index contributed by atoms with van der Waals surface area (Å²) < 4.78 is 5.23. The lowest BCUT2D eigenvalue weighted by molar-refractivity contribution is -0.134. The molecule has 3 heterocycles. The highest BCUT2D eigenvalue weighted by Gasteiger charge is 2.23. The largest absolute Gasteiger partial charge is 0.340 e. The number of amides is 1. The number of aryl methyl sites for hydroxylation is 1. The molecular formula is C15H19N3O2S. The van der Waals surface area contributed by atoms with Crippen LogP contribution in [-0.2, 0) is 11.2 Å². The van der Waals surface area contributed by atoms with Crippen LogP contribution in [0.5, 0.6) is 0 Å². The number of likely N-dealkylation sites (tertiary alicyclic amines) is 1. The molecular weight excluding hydrogens is 286 g/mol. The summed E-state index contributed by atoms with van der Waals surface area (Å²) in [4.78, 5) is 18.6. The fraction of sp³-hybridized carbons (Fsp3) is 0.533. The standard InChI is InChI=1S/C15H19N3O2S/c1-11-4-2-3-8-18(11)14(19)6-5-13-16-15(17-20-13)12-7-9-21-10-12/h7,9-11H,2-6,8H2,1H3. The van der Waals surface area contributed by atoms with Gasteiger partial charge in [0.2, 0.25) is 17.6 Å². The van der Waals surface area contributed by atoms with Gasteiger partial charge in [-0.1, -0.05) is 5.16 Å². The molecule has 1 fully saturated rings. The predicted octanol–water partition coefficient (Wildman–Crippen LogP) is 3.13. The number of aromatic nitrogens is 2. The smallest absolute Gasteiger partial charge is 0.227 e. The molecule has 0 aliphatic carbocycles. The van der Waals surface area contributed by atoms with Crippen molar-refractivity contribution in [2.24, 2.45) is 0 Å². The van der Waals surface area contributed by atoms with E-state index < -0.39 is 0 Å². The highest BCUT2D eigenvalue weighted by atomic mass is 32.1. The van der Waals surface area contributed by atoms with Crippen LogP contribution in [0, 0.1) is 0 Å². The van der Waals surface area contributed by atoms with Crippen LogP contribution < -0.4 is 0 Å². The van der Waals surface area contributed by atoms with Gasteiger partial charge < -0.3 is 9.42 Å². The van der Waals surface area contributed by atoms with E-state index in [4.69, 9.17) is 4.52 Å². The van der Waals surface area contributed by atoms with E-state index >= 15 is 0 Å². The monoisotopic (exact) mass is 305 g/mol. The van der Waals surface area contributed by atoms with E-state index in [1.54, 1.807) is 11.3 Å². The lowest BCUT2D eigenvalue weighted by Crippen LogP contribution is -2.42. The van der Waals surface area contributed by atoms with Gasteiger partial charge in [0.25, 0.3) is 0 Å². The van der Waals surface area contributed by atoms with Gasteiger partial charge >= 0.3 is 0 Å². The molecule has 0 spiro atoms. The summed E-state index contributed by atoms with van der Waals surface area (Å²) in [5.74, 6) is 1.33. The van der Waals surface area contributed by atoms with Crippen molar-refractivity contribution in [3.8, 4) is 11.4 Å². The first-order valence-electron chi connectivity index (χ1n) is 7.38. The van der Waals surface area contributed by atoms with Gasteiger partial charge in [-0.3, -0.25) is 4.79 Å². The molecule has 5 nitrogen and oxygen atoms in total. The Hall–Kier alpha value is -1.69. The fourth-order valence-corrected chi connectivity index (χ4v) is 3.33. The summed E-state index contributed by atoms with van der Waals surface area (Å²) in [6.45, 7) is 3.00. The lowest BCUT2D eigenvalue weighted by atomic mass is 10.0. The van der Waals surface area contributed by atoms with Crippen LogP contribution in [-0.4, -0.2) is 33.5 Å². The quantitative estimate of drug-likeness (QED) is 0.870. The Bertz CT molecular complexity index is 594. The van der Waals surface area contributed by atoms with Crippen molar-refractivity contribution in [3.63, 3.8) is 0 Å². The molecule has 0 aromatic carbocycles. The van der Waals surface area contributed by atoms with Crippen molar-refractivity contribution in [3.05, 3.63) is 22.7 Å². The molecule has 1 unspecified atom stereocenters. The molecule has 0 N–H and O–H groups in total. The van der Waals surface area contributed by atoms with Crippen LogP contribution in [0.2, 0.25) is 0 Å². The van der Waals surface area contributed by atoms with Gasteiger partial charge in [-0.25, -0.2) is 0 Å². The first kappa shape index (κ1) is 14.3.